The fourth-order valence-electron chi connectivity index (χ4n) is 1.99. The van der Waals surface area contributed by atoms with Crippen LogP contribution in [-0.4, -0.2) is 18.5 Å². The summed E-state index contributed by atoms with van der Waals surface area (Å²) in [4.78, 5) is 0. The highest BCUT2D eigenvalue weighted by molar-refractivity contribution is 4.78. The largest absolute Gasteiger partial charge is 0.350 e. The van der Waals surface area contributed by atoms with Crippen LogP contribution in [0.2, 0.25) is 0 Å². The maximum Gasteiger partial charge on any atom is 0.165 e. The number of hydrogen-bond acceptors (Lipinski definition) is 2. The van der Waals surface area contributed by atoms with E-state index in [1.807, 2.05) is 0 Å². The van der Waals surface area contributed by atoms with Gasteiger partial charge < -0.3 is 9.47 Å². The fraction of sp³-hybridized carbons (Fsp3) is 1.00. The summed E-state index contributed by atoms with van der Waals surface area (Å²) >= 11 is 0. The normalized spacial score (nSPS) is 38.6. The van der Waals surface area contributed by atoms with Crippen LogP contribution in [0.1, 0.15) is 53.4 Å². The molecule has 0 spiro atoms. The third-order valence-electron chi connectivity index (χ3n) is 3.27. The van der Waals surface area contributed by atoms with Crippen LogP contribution in [0.5, 0.6) is 0 Å². The molecule has 1 aliphatic heterocycles. The number of rotatable bonds is 4. The van der Waals surface area contributed by atoms with Gasteiger partial charge >= 0.3 is 0 Å². The van der Waals surface area contributed by atoms with Gasteiger partial charge in [0.25, 0.3) is 0 Å². The quantitative estimate of drug-likeness (QED) is 0.693. The maximum atomic E-state index is 6.04. The van der Waals surface area contributed by atoms with Crippen molar-refractivity contribution < 1.29 is 9.47 Å². The van der Waals surface area contributed by atoms with Crippen molar-refractivity contribution in [1.82, 2.24) is 0 Å². The molecular weight excluding hydrogens is 176 g/mol. The summed E-state index contributed by atoms with van der Waals surface area (Å²) in [6, 6.07) is 0. The Morgan fingerprint density at radius 1 is 1.29 bits per heavy atom. The van der Waals surface area contributed by atoms with Gasteiger partial charge in [-0.05, 0) is 26.2 Å². The molecule has 1 saturated heterocycles. The van der Waals surface area contributed by atoms with E-state index in [1.165, 1.54) is 6.42 Å². The van der Waals surface area contributed by atoms with E-state index in [0.29, 0.717) is 12.0 Å². The van der Waals surface area contributed by atoms with Crippen LogP contribution in [0, 0.1) is 5.92 Å². The van der Waals surface area contributed by atoms with Crippen molar-refractivity contribution >= 4 is 0 Å². The Morgan fingerprint density at radius 2 is 2.00 bits per heavy atom. The van der Waals surface area contributed by atoms with E-state index < -0.39 is 0 Å². The van der Waals surface area contributed by atoms with E-state index in [2.05, 4.69) is 27.7 Å². The standard InChI is InChI=1S/C12H24O2/c1-5-8-11-10(6-2)9-13-12(4,7-3)14-11/h10-11H,5-9H2,1-4H3/t10-,11+,12+/m0/s1. The molecule has 1 fully saturated rings. The first kappa shape index (κ1) is 12.0. The van der Waals surface area contributed by atoms with Gasteiger partial charge in [-0.25, -0.2) is 0 Å². The zero-order valence-corrected chi connectivity index (χ0v) is 10.0. The molecule has 0 radical (unpaired) electrons. The van der Waals surface area contributed by atoms with Crippen molar-refractivity contribution in [1.29, 1.82) is 0 Å². The van der Waals surface area contributed by atoms with Gasteiger partial charge in [0.2, 0.25) is 0 Å². The molecule has 0 aromatic heterocycles. The molecular formula is C12H24O2. The molecule has 1 rings (SSSR count). The second-order valence-corrected chi connectivity index (χ2v) is 4.41. The zero-order valence-electron chi connectivity index (χ0n) is 10.0. The summed E-state index contributed by atoms with van der Waals surface area (Å²) in [5.41, 5.74) is 0. The molecule has 14 heavy (non-hydrogen) atoms. The molecule has 2 heteroatoms. The van der Waals surface area contributed by atoms with Gasteiger partial charge in [-0.2, -0.15) is 0 Å². The second kappa shape index (κ2) is 5.13. The SMILES string of the molecule is CCC[C@H]1O[C@](C)(CC)OC[C@@H]1CC. The Balaban J connectivity index is 2.56. The Labute approximate surface area is 88.0 Å². The molecule has 84 valence electrons. The Kier molecular flexibility index (Phi) is 4.39. The van der Waals surface area contributed by atoms with Crippen LogP contribution in [-0.2, 0) is 9.47 Å². The molecule has 1 aliphatic rings. The Hall–Kier alpha value is -0.0800. The highest BCUT2D eigenvalue weighted by Crippen LogP contribution is 2.32. The summed E-state index contributed by atoms with van der Waals surface area (Å²) < 4.78 is 11.8. The highest BCUT2D eigenvalue weighted by atomic mass is 16.7. The van der Waals surface area contributed by atoms with Crippen LogP contribution < -0.4 is 0 Å². The van der Waals surface area contributed by atoms with Gasteiger partial charge in [0.05, 0.1) is 12.7 Å². The minimum absolute atomic E-state index is 0.328. The molecule has 0 bridgehead atoms. The van der Waals surface area contributed by atoms with E-state index in [0.717, 1.165) is 25.9 Å². The number of ether oxygens (including phenoxy) is 2. The van der Waals surface area contributed by atoms with Crippen molar-refractivity contribution in [2.24, 2.45) is 5.92 Å². The third kappa shape index (κ3) is 2.71. The lowest BCUT2D eigenvalue weighted by molar-refractivity contribution is -0.304. The monoisotopic (exact) mass is 200 g/mol. The zero-order chi connectivity index (χ0) is 10.6. The first-order valence-corrected chi connectivity index (χ1v) is 5.97. The van der Waals surface area contributed by atoms with E-state index in [1.54, 1.807) is 0 Å². The minimum atomic E-state index is -0.328. The first-order valence-electron chi connectivity index (χ1n) is 5.97. The van der Waals surface area contributed by atoms with E-state index in [9.17, 15) is 0 Å². The van der Waals surface area contributed by atoms with Gasteiger partial charge in [0, 0.05) is 5.92 Å². The predicted molar refractivity (Wildman–Crippen MR) is 58.2 cm³/mol. The molecule has 0 aromatic rings. The van der Waals surface area contributed by atoms with Crippen LogP contribution in [0.25, 0.3) is 0 Å². The van der Waals surface area contributed by atoms with Gasteiger partial charge in [0.15, 0.2) is 5.79 Å². The summed E-state index contributed by atoms with van der Waals surface area (Å²) in [5, 5.41) is 0. The Bertz CT molecular complexity index is 170. The topological polar surface area (TPSA) is 18.5 Å². The van der Waals surface area contributed by atoms with E-state index in [4.69, 9.17) is 9.47 Å². The molecule has 3 atom stereocenters. The second-order valence-electron chi connectivity index (χ2n) is 4.41. The average molecular weight is 200 g/mol. The fourth-order valence-corrected chi connectivity index (χ4v) is 1.99. The predicted octanol–water partition coefficient (Wildman–Crippen LogP) is 3.35. The van der Waals surface area contributed by atoms with Crippen molar-refractivity contribution in [2.75, 3.05) is 6.61 Å². The summed E-state index contributed by atoms with van der Waals surface area (Å²) in [6.07, 6.45) is 4.86. The average Bonchev–Trinajstić information content (AvgIpc) is 2.19. The maximum absolute atomic E-state index is 6.04. The van der Waals surface area contributed by atoms with E-state index in [-0.39, 0.29) is 5.79 Å². The Morgan fingerprint density at radius 3 is 2.50 bits per heavy atom. The molecule has 0 aliphatic carbocycles. The van der Waals surface area contributed by atoms with Crippen LogP contribution in [0.4, 0.5) is 0 Å². The van der Waals surface area contributed by atoms with Gasteiger partial charge in [-0.3, -0.25) is 0 Å². The first-order chi connectivity index (χ1) is 6.65. The van der Waals surface area contributed by atoms with Gasteiger partial charge in [-0.15, -0.1) is 0 Å². The molecule has 0 saturated carbocycles. The van der Waals surface area contributed by atoms with Crippen LogP contribution in [0.3, 0.4) is 0 Å². The molecule has 1 heterocycles. The summed E-state index contributed by atoms with van der Waals surface area (Å²) in [7, 11) is 0. The molecule has 0 N–H and O–H groups in total. The third-order valence-corrected chi connectivity index (χ3v) is 3.27. The van der Waals surface area contributed by atoms with Gasteiger partial charge in [0.1, 0.15) is 0 Å². The molecule has 0 unspecified atom stereocenters. The minimum Gasteiger partial charge on any atom is -0.350 e. The van der Waals surface area contributed by atoms with E-state index >= 15 is 0 Å². The van der Waals surface area contributed by atoms with Gasteiger partial charge in [-0.1, -0.05) is 27.2 Å². The van der Waals surface area contributed by atoms with Crippen molar-refractivity contribution in [3.05, 3.63) is 0 Å². The summed E-state index contributed by atoms with van der Waals surface area (Å²) in [6.45, 7) is 9.48. The highest BCUT2D eigenvalue weighted by Gasteiger charge is 2.36. The molecule has 2 nitrogen and oxygen atoms in total. The smallest absolute Gasteiger partial charge is 0.165 e. The van der Waals surface area contributed by atoms with Crippen LogP contribution in [0.15, 0.2) is 0 Å². The lowest BCUT2D eigenvalue weighted by Gasteiger charge is -2.42. The molecule has 0 amide bonds. The van der Waals surface area contributed by atoms with Crippen molar-refractivity contribution in [3.8, 4) is 0 Å². The van der Waals surface area contributed by atoms with Crippen LogP contribution >= 0.6 is 0 Å². The van der Waals surface area contributed by atoms with Crippen molar-refractivity contribution in [2.45, 2.75) is 65.3 Å². The molecule has 0 aromatic carbocycles. The van der Waals surface area contributed by atoms with Crippen molar-refractivity contribution in [3.63, 3.8) is 0 Å². The number of hydrogen-bond donors (Lipinski definition) is 0. The lowest BCUT2D eigenvalue weighted by atomic mass is 9.94. The summed E-state index contributed by atoms with van der Waals surface area (Å²) in [5.74, 6) is 0.264. The lowest BCUT2D eigenvalue weighted by Crippen LogP contribution is -2.46.